The van der Waals surface area contributed by atoms with Crippen molar-refractivity contribution in [3.05, 3.63) is 18.0 Å². The van der Waals surface area contributed by atoms with Crippen molar-refractivity contribution < 1.29 is 27.4 Å². The molecular weight excluding hydrogens is 327 g/mol. The summed E-state index contributed by atoms with van der Waals surface area (Å²) in [5, 5.41) is 3.84. The number of alkyl halides is 3. The van der Waals surface area contributed by atoms with E-state index >= 15 is 0 Å². The normalized spacial score (nSPS) is 26.5. The number of carbonyl (C=O) groups is 1. The van der Waals surface area contributed by atoms with Gasteiger partial charge >= 0.3 is 6.18 Å². The predicted octanol–water partition coefficient (Wildman–Crippen LogP) is 1.39. The van der Waals surface area contributed by atoms with E-state index in [-0.39, 0.29) is 24.5 Å². The number of carbonyl (C=O) groups excluding carboxylic acids is 1. The first-order valence-electron chi connectivity index (χ1n) is 7.77. The fourth-order valence-corrected chi connectivity index (χ4v) is 3.20. The molecule has 0 N–H and O–H groups in total. The van der Waals surface area contributed by atoms with Gasteiger partial charge in [-0.15, -0.1) is 0 Å². The van der Waals surface area contributed by atoms with Crippen LogP contribution in [0.25, 0.3) is 0 Å². The molecule has 0 aliphatic carbocycles. The molecule has 2 aliphatic heterocycles. The van der Waals surface area contributed by atoms with Crippen LogP contribution in [0.4, 0.5) is 13.2 Å². The number of fused-ring (bicyclic) bond motifs is 1. The summed E-state index contributed by atoms with van der Waals surface area (Å²) in [5.41, 5.74) is -0.163. The highest BCUT2D eigenvalue weighted by Gasteiger charge is 2.45. The summed E-state index contributed by atoms with van der Waals surface area (Å²) < 4.78 is 49.3. The second-order valence-electron chi connectivity index (χ2n) is 6.84. The van der Waals surface area contributed by atoms with Gasteiger partial charge in [0.05, 0.1) is 37.0 Å². The smallest absolute Gasteiger partial charge is 0.376 e. The lowest BCUT2D eigenvalue weighted by Crippen LogP contribution is -2.60. The zero-order chi connectivity index (χ0) is 17.5. The lowest BCUT2D eigenvalue weighted by Gasteiger charge is -2.45. The molecule has 1 amide bonds. The summed E-state index contributed by atoms with van der Waals surface area (Å²) in [5.74, 6) is -0.177. The highest BCUT2D eigenvalue weighted by Crippen LogP contribution is 2.30. The first-order valence-corrected chi connectivity index (χ1v) is 7.77. The summed E-state index contributed by atoms with van der Waals surface area (Å²) in [6.45, 7) is 3.91. The van der Waals surface area contributed by atoms with Gasteiger partial charge in [0.2, 0.25) is 5.91 Å². The third-order valence-electron chi connectivity index (χ3n) is 4.11. The molecule has 0 saturated carbocycles. The van der Waals surface area contributed by atoms with Crippen LogP contribution in [0.2, 0.25) is 0 Å². The van der Waals surface area contributed by atoms with E-state index in [4.69, 9.17) is 9.47 Å². The van der Waals surface area contributed by atoms with Crippen LogP contribution in [0.15, 0.2) is 12.3 Å². The Labute approximate surface area is 137 Å². The van der Waals surface area contributed by atoms with Crippen molar-refractivity contribution in [2.24, 2.45) is 0 Å². The van der Waals surface area contributed by atoms with Crippen LogP contribution in [0.3, 0.4) is 0 Å². The molecular formula is C15H20F3N3O3. The monoisotopic (exact) mass is 347 g/mol. The number of hydrogen-bond donors (Lipinski definition) is 0. The quantitative estimate of drug-likeness (QED) is 0.829. The second-order valence-corrected chi connectivity index (χ2v) is 6.84. The molecule has 2 saturated heterocycles. The molecule has 3 rings (SSSR count). The van der Waals surface area contributed by atoms with Crippen LogP contribution in [0, 0.1) is 0 Å². The lowest BCUT2D eigenvalue weighted by molar-refractivity contribution is -0.168. The molecule has 0 spiro atoms. The highest BCUT2D eigenvalue weighted by atomic mass is 19.4. The Kier molecular flexibility index (Phi) is 4.33. The Bertz CT molecular complexity index is 615. The topological polar surface area (TPSA) is 56.6 Å². The number of amides is 1. The summed E-state index contributed by atoms with van der Waals surface area (Å²) in [6, 6.07) is 1.29. The molecule has 9 heteroatoms. The van der Waals surface area contributed by atoms with Crippen LogP contribution >= 0.6 is 0 Å². The second kappa shape index (κ2) is 6.03. The van der Waals surface area contributed by atoms with Crippen LogP contribution < -0.4 is 0 Å². The van der Waals surface area contributed by atoms with E-state index in [9.17, 15) is 18.0 Å². The molecule has 2 atom stereocenters. The van der Waals surface area contributed by atoms with Crippen LogP contribution in [-0.2, 0) is 27.2 Å². The molecule has 24 heavy (non-hydrogen) atoms. The molecule has 0 radical (unpaired) electrons. The number of rotatable bonds is 3. The van der Waals surface area contributed by atoms with E-state index in [1.807, 2.05) is 13.8 Å². The lowest BCUT2D eigenvalue weighted by atomic mass is 10.00. The zero-order valence-corrected chi connectivity index (χ0v) is 13.5. The van der Waals surface area contributed by atoms with Crippen molar-refractivity contribution >= 4 is 5.91 Å². The van der Waals surface area contributed by atoms with Gasteiger partial charge in [-0.05, 0) is 19.9 Å². The van der Waals surface area contributed by atoms with Crippen molar-refractivity contribution in [1.29, 1.82) is 0 Å². The van der Waals surface area contributed by atoms with E-state index < -0.39 is 18.3 Å². The molecule has 0 bridgehead atoms. The van der Waals surface area contributed by atoms with Gasteiger partial charge in [-0.3, -0.25) is 9.48 Å². The van der Waals surface area contributed by atoms with E-state index in [2.05, 4.69) is 5.10 Å². The molecule has 0 unspecified atom stereocenters. The van der Waals surface area contributed by atoms with E-state index in [1.54, 1.807) is 4.90 Å². The first-order chi connectivity index (χ1) is 11.1. The summed E-state index contributed by atoms with van der Waals surface area (Å²) >= 11 is 0. The standard InChI is InChI=1S/C15H20F3N3O3/c1-14(2)8-21(11-6-23-7-12(11)24-14)13(22)5-10-3-4-20(19-10)9-15(16,17)18/h3-4,11-12H,5-9H2,1-2H3/t11-,12-/m1/s1. The van der Waals surface area contributed by atoms with Gasteiger partial charge in [-0.2, -0.15) is 18.3 Å². The summed E-state index contributed by atoms with van der Waals surface area (Å²) in [6.07, 6.45) is -3.30. The van der Waals surface area contributed by atoms with Crippen molar-refractivity contribution in [2.75, 3.05) is 19.8 Å². The Morgan fingerprint density at radius 2 is 2.17 bits per heavy atom. The maximum atomic E-state index is 12.6. The number of halogens is 3. The Hall–Kier alpha value is -1.61. The summed E-state index contributed by atoms with van der Waals surface area (Å²) in [4.78, 5) is 14.3. The maximum Gasteiger partial charge on any atom is 0.408 e. The van der Waals surface area contributed by atoms with E-state index in [0.29, 0.717) is 25.5 Å². The summed E-state index contributed by atoms with van der Waals surface area (Å²) in [7, 11) is 0. The molecule has 3 heterocycles. The fourth-order valence-electron chi connectivity index (χ4n) is 3.20. The molecule has 6 nitrogen and oxygen atoms in total. The van der Waals surface area contributed by atoms with Crippen LogP contribution in [-0.4, -0.2) is 64.3 Å². The van der Waals surface area contributed by atoms with Crippen molar-refractivity contribution in [3.63, 3.8) is 0 Å². The van der Waals surface area contributed by atoms with Gasteiger partial charge < -0.3 is 14.4 Å². The third kappa shape index (κ3) is 3.89. The average molecular weight is 347 g/mol. The van der Waals surface area contributed by atoms with Gasteiger partial charge in [0.15, 0.2) is 0 Å². The average Bonchev–Trinajstić information content (AvgIpc) is 3.04. The number of ether oxygens (including phenoxy) is 2. The minimum atomic E-state index is -4.34. The van der Waals surface area contributed by atoms with Gasteiger partial charge in [-0.25, -0.2) is 0 Å². The largest absolute Gasteiger partial charge is 0.408 e. The first kappa shape index (κ1) is 17.2. The van der Waals surface area contributed by atoms with Crippen molar-refractivity contribution in [1.82, 2.24) is 14.7 Å². The molecule has 1 aromatic heterocycles. The molecule has 2 fully saturated rings. The maximum absolute atomic E-state index is 12.6. The van der Waals surface area contributed by atoms with E-state index in [0.717, 1.165) is 4.68 Å². The van der Waals surface area contributed by atoms with Crippen molar-refractivity contribution in [2.45, 2.75) is 50.7 Å². The number of hydrogen-bond acceptors (Lipinski definition) is 4. The fraction of sp³-hybridized carbons (Fsp3) is 0.733. The molecule has 2 aliphatic rings. The minimum Gasteiger partial charge on any atom is -0.376 e. The zero-order valence-electron chi connectivity index (χ0n) is 13.5. The van der Waals surface area contributed by atoms with Gasteiger partial charge in [0, 0.05) is 12.7 Å². The van der Waals surface area contributed by atoms with Crippen LogP contribution in [0.5, 0.6) is 0 Å². The minimum absolute atomic E-state index is 0.0375. The number of morpholine rings is 1. The third-order valence-corrected chi connectivity index (χ3v) is 4.11. The van der Waals surface area contributed by atoms with Gasteiger partial charge in [0.1, 0.15) is 12.6 Å². The predicted molar refractivity (Wildman–Crippen MR) is 77.3 cm³/mol. The highest BCUT2D eigenvalue weighted by molar-refractivity contribution is 5.79. The number of aromatic nitrogens is 2. The molecule has 134 valence electrons. The Balaban J connectivity index is 1.68. The number of nitrogens with zero attached hydrogens (tertiary/aromatic N) is 3. The van der Waals surface area contributed by atoms with Gasteiger partial charge in [-0.1, -0.05) is 0 Å². The van der Waals surface area contributed by atoms with Gasteiger partial charge in [0.25, 0.3) is 0 Å². The van der Waals surface area contributed by atoms with E-state index in [1.165, 1.54) is 12.3 Å². The molecule has 1 aromatic rings. The SMILES string of the molecule is CC1(C)CN(C(=O)Cc2ccn(CC(F)(F)F)n2)[C@@H]2COC[C@H]2O1. The Morgan fingerprint density at radius 3 is 2.88 bits per heavy atom. The van der Waals surface area contributed by atoms with Crippen LogP contribution in [0.1, 0.15) is 19.5 Å². The Morgan fingerprint density at radius 1 is 1.42 bits per heavy atom. The molecule has 0 aromatic carbocycles. The van der Waals surface area contributed by atoms with Crippen molar-refractivity contribution in [3.8, 4) is 0 Å².